The molecule has 5 aromatic rings. The number of thioether (sulfide) groups is 1. The molecule has 46 heavy (non-hydrogen) atoms. The maximum absolute atomic E-state index is 13.3. The third-order valence-electron chi connectivity index (χ3n) is 6.52. The van der Waals surface area contributed by atoms with Crippen molar-refractivity contribution >= 4 is 63.4 Å². The fraction of sp³-hybridized carbons (Fsp3) is 0.0588. The highest BCUT2D eigenvalue weighted by Crippen LogP contribution is 2.26. The van der Waals surface area contributed by atoms with Gasteiger partial charge in [0.05, 0.1) is 16.4 Å². The molecule has 0 saturated heterocycles. The van der Waals surface area contributed by atoms with Gasteiger partial charge in [-0.1, -0.05) is 48.0 Å². The molecule has 0 aliphatic heterocycles. The number of amides is 3. The van der Waals surface area contributed by atoms with E-state index in [0.717, 1.165) is 21.7 Å². The maximum atomic E-state index is 13.3. The number of thiazole rings is 1. The van der Waals surface area contributed by atoms with Gasteiger partial charge in [-0.25, -0.2) is 4.98 Å². The minimum Gasteiger partial charge on any atom is -0.321 e. The lowest BCUT2D eigenvalue weighted by atomic mass is 10.1. The van der Waals surface area contributed by atoms with Crippen LogP contribution >= 0.6 is 23.1 Å². The van der Waals surface area contributed by atoms with Crippen molar-refractivity contribution in [2.45, 2.75) is 11.8 Å². The average molecular weight is 650 g/mol. The highest BCUT2D eigenvalue weighted by Gasteiger charge is 2.16. The smallest absolute Gasteiger partial charge is 0.272 e. The Morgan fingerprint density at radius 3 is 2.26 bits per heavy atom. The summed E-state index contributed by atoms with van der Waals surface area (Å²) in [6, 6.07) is 29.0. The van der Waals surface area contributed by atoms with Crippen LogP contribution in [0.4, 0.5) is 16.5 Å². The van der Waals surface area contributed by atoms with Crippen molar-refractivity contribution in [1.29, 1.82) is 0 Å². The zero-order chi connectivity index (χ0) is 32.5. The van der Waals surface area contributed by atoms with Crippen molar-refractivity contribution in [2.24, 2.45) is 0 Å². The highest BCUT2D eigenvalue weighted by molar-refractivity contribution is 8.00. The second-order valence-corrected chi connectivity index (χ2v) is 11.9. The number of nitrogens with zero attached hydrogens (tertiary/aromatic N) is 2. The van der Waals surface area contributed by atoms with Gasteiger partial charge in [0.15, 0.2) is 5.13 Å². The van der Waals surface area contributed by atoms with Crippen LogP contribution in [0.25, 0.3) is 17.3 Å². The Labute approximate surface area is 272 Å². The van der Waals surface area contributed by atoms with E-state index < -0.39 is 16.7 Å². The lowest BCUT2D eigenvalue weighted by Crippen LogP contribution is -2.30. The SMILES string of the molecule is Cc1ccc(-c2csc(NC(=O)CSc3ccc(NC(=O)/C(=C/c4ccc([N+](=O)[O-])cc4)NC(=O)c4ccccc4)cc3)n2)cc1. The number of benzene rings is 4. The van der Waals surface area contributed by atoms with E-state index in [4.69, 9.17) is 0 Å². The van der Waals surface area contributed by atoms with Crippen molar-refractivity contribution in [3.8, 4) is 11.3 Å². The summed E-state index contributed by atoms with van der Waals surface area (Å²) in [6.07, 6.45) is 1.44. The van der Waals surface area contributed by atoms with Crippen LogP contribution < -0.4 is 16.0 Å². The molecule has 5 rings (SSSR count). The summed E-state index contributed by atoms with van der Waals surface area (Å²) in [5, 5.41) is 21.7. The summed E-state index contributed by atoms with van der Waals surface area (Å²) in [7, 11) is 0. The number of aryl methyl sites for hydroxylation is 1. The molecule has 3 amide bonds. The zero-order valence-electron chi connectivity index (χ0n) is 24.4. The van der Waals surface area contributed by atoms with Crippen LogP contribution in [0.1, 0.15) is 21.5 Å². The molecule has 1 heterocycles. The molecule has 230 valence electrons. The third-order valence-corrected chi connectivity index (χ3v) is 8.29. The van der Waals surface area contributed by atoms with Crippen LogP contribution in [-0.4, -0.2) is 33.4 Å². The van der Waals surface area contributed by atoms with Crippen molar-refractivity contribution < 1.29 is 19.3 Å². The molecule has 1 aromatic heterocycles. The van der Waals surface area contributed by atoms with Crippen molar-refractivity contribution in [3.05, 3.63) is 141 Å². The van der Waals surface area contributed by atoms with Gasteiger partial charge in [-0.05, 0) is 67.1 Å². The highest BCUT2D eigenvalue weighted by atomic mass is 32.2. The van der Waals surface area contributed by atoms with Crippen LogP contribution in [0.5, 0.6) is 0 Å². The second kappa shape index (κ2) is 14.9. The fourth-order valence-corrected chi connectivity index (χ4v) is 5.56. The topological polar surface area (TPSA) is 143 Å². The molecule has 4 aromatic carbocycles. The Balaban J connectivity index is 1.20. The van der Waals surface area contributed by atoms with Gasteiger partial charge in [-0.15, -0.1) is 23.1 Å². The molecular formula is C34H27N5O5S2. The van der Waals surface area contributed by atoms with Crippen LogP contribution in [0.2, 0.25) is 0 Å². The first-order valence-corrected chi connectivity index (χ1v) is 15.8. The standard InChI is InChI=1S/C34H27N5O5S2/c1-22-7-11-24(12-8-22)30-20-46-34(37-30)38-31(40)21-45-28-17-13-26(14-18-28)35-33(42)29(36-32(41)25-5-3-2-4-6-25)19-23-9-15-27(16-10-23)39(43)44/h2-20H,21H2,1H3,(H,35,42)(H,36,41)(H,37,38,40)/b29-19-. The van der Waals surface area contributed by atoms with E-state index in [-0.39, 0.29) is 23.0 Å². The number of aromatic nitrogens is 1. The number of hydrogen-bond acceptors (Lipinski definition) is 8. The third kappa shape index (κ3) is 8.74. The number of nitrogens with one attached hydrogen (secondary N) is 3. The van der Waals surface area contributed by atoms with E-state index in [1.54, 1.807) is 54.6 Å². The molecule has 0 unspecified atom stereocenters. The van der Waals surface area contributed by atoms with E-state index in [0.29, 0.717) is 21.9 Å². The second-order valence-electron chi connectivity index (χ2n) is 9.95. The first-order valence-electron chi connectivity index (χ1n) is 13.9. The average Bonchev–Trinajstić information content (AvgIpc) is 3.53. The van der Waals surface area contributed by atoms with Crippen molar-refractivity contribution in [3.63, 3.8) is 0 Å². The Hall–Kier alpha value is -5.59. The lowest BCUT2D eigenvalue weighted by molar-refractivity contribution is -0.384. The Morgan fingerprint density at radius 2 is 1.59 bits per heavy atom. The monoisotopic (exact) mass is 649 g/mol. The van der Waals surface area contributed by atoms with Crippen LogP contribution in [0.15, 0.2) is 119 Å². The summed E-state index contributed by atoms with van der Waals surface area (Å²) in [6.45, 7) is 2.02. The Morgan fingerprint density at radius 1 is 0.891 bits per heavy atom. The van der Waals surface area contributed by atoms with E-state index in [1.807, 2.05) is 36.6 Å². The van der Waals surface area contributed by atoms with Gasteiger partial charge in [0.2, 0.25) is 5.91 Å². The molecule has 0 aliphatic carbocycles. The predicted octanol–water partition coefficient (Wildman–Crippen LogP) is 7.17. The van der Waals surface area contributed by atoms with Crippen molar-refractivity contribution in [1.82, 2.24) is 10.3 Å². The summed E-state index contributed by atoms with van der Waals surface area (Å²) in [4.78, 5) is 54.5. The molecule has 0 radical (unpaired) electrons. The molecule has 0 atom stereocenters. The number of hydrogen-bond donors (Lipinski definition) is 3. The Kier molecular flexibility index (Phi) is 10.3. The first-order chi connectivity index (χ1) is 22.2. The number of anilines is 2. The molecule has 0 bridgehead atoms. The molecule has 0 aliphatic rings. The minimum absolute atomic E-state index is 0.0504. The molecule has 0 fully saturated rings. The predicted molar refractivity (Wildman–Crippen MR) is 182 cm³/mol. The van der Waals surface area contributed by atoms with Gasteiger partial charge in [0, 0.05) is 39.2 Å². The molecular weight excluding hydrogens is 623 g/mol. The summed E-state index contributed by atoms with van der Waals surface area (Å²) >= 11 is 2.70. The number of nitro groups is 1. The molecule has 12 heteroatoms. The first kappa shape index (κ1) is 31.8. The summed E-state index contributed by atoms with van der Waals surface area (Å²) < 4.78 is 0. The number of non-ortho nitro benzene ring substituents is 1. The van der Waals surface area contributed by atoms with E-state index >= 15 is 0 Å². The largest absolute Gasteiger partial charge is 0.321 e. The normalized spacial score (nSPS) is 11.0. The summed E-state index contributed by atoms with van der Waals surface area (Å²) in [5.41, 5.74) is 4.11. The molecule has 10 nitrogen and oxygen atoms in total. The molecule has 0 saturated carbocycles. The van der Waals surface area contributed by atoms with Gasteiger partial charge in [-0.2, -0.15) is 0 Å². The maximum Gasteiger partial charge on any atom is 0.272 e. The lowest BCUT2D eigenvalue weighted by Gasteiger charge is -2.12. The van der Waals surface area contributed by atoms with Crippen LogP contribution in [-0.2, 0) is 9.59 Å². The Bertz CT molecular complexity index is 1890. The zero-order valence-corrected chi connectivity index (χ0v) is 26.1. The van der Waals surface area contributed by atoms with E-state index in [1.165, 1.54) is 53.4 Å². The van der Waals surface area contributed by atoms with Gasteiger partial charge in [0.25, 0.3) is 17.5 Å². The van der Waals surface area contributed by atoms with E-state index in [2.05, 4.69) is 20.9 Å². The van der Waals surface area contributed by atoms with Gasteiger partial charge < -0.3 is 16.0 Å². The van der Waals surface area contributed by atoms with Crippen LogP contribution in [0, 0.1) is 17.0 Å². The fourth-order valence-electron chi connectivity index (χ4n) is 4.13. The number of rotatable bonds is 11. The van der Waals surface area contributed by atoms with Gasteiger partial charge in [-0.3, -0.25) is 24.5 Å². The quantitative estimate of drug-likeness (QED) is 0.0596. The van der Waals surface area contributed by atoms with Crippen molar-refractivity contribution in [2.75, 3.05) is 16.4 Å². The van der Waals surface area contributed by atoms with Gasteiger partial charge >= 0.3 is 0 Å². The molecule has 0 spiro atoms. The number of carbonyl (C=O) groups excluding carboxylic acids is 3. The van der Waals surface area contributed by atoms with Crippen LogP contribution in [0.3, 0.4) is 0 Å². The summed E-state index contributed by atoms with van der Waals surface area (Å²) in [5.74, 6) is -1.10. The number of carbonyl (C=O) groups is 3. The number of nitro benzene ring substituents is 1. The van der Waals surface area contributed by atoms with Gasteiger partial charge in [0.1, 0.15) is 5.70 Å². The minimum atomic E-state index is -0.587. The molecule has 3 N–H and O–H groups in total. The van der Waals surface area contributed by atoms with E-state index in [9.17, 15) is 24.5 Å².